The van der Waals surface area contributed by atoms with Crippen LogP contribution in [0.5, 0.6) is 11.5 Å². The monoisotopic (exact) mass is 501 g/mol. The number of aromatic nitrogens is 3. The third-order valence-corrected chi connectivity index (χ3v) is 5.63. The fraction of sp³-hybridized carbons (Fsp3) is 0.227. The first-order valence-electron chi connectivity index (χ1n) is 9.90. The van der Waals surface area contributed by atoms with Crippen molar-refractivity contribution in [3.63, 3.8) is 0 Å². The van der Waals surface area contributed by atoms with Crippen molar-refractivity contribution in [1.82, 2.24) is 14.8 Å². The summed E-state index contributed by atoms with van der Waals surface area (Å²) >= 11 is 3.54. The van der Waals surface area contributed by atoms with Gasteiger partial charge in [0, 0.05) is 11.3 Å². The van der Waals surface area contributed by atoms with E-state index >= 15 is 0 Å². The molecule has 0 spiro atoms. The summed E-state index contributed by atoms with van der Waals surface area (Å²) in [7, 11) is 0. The lowest BCUT2D eigenvalue weighted by molar-refractivity contribution is -0.115. The Morgan fingerprint density at radius 1 is 1.31 bits per heavy atom. The van der Waals surface area contributed by atoms with Gasteiger partial charge in [-0.2, -0.15) is 10.1 Å². The van der Waals surface area contributed by atoms with E-state index in [1.807, 2.05) is 6.92 Å². The number of nitrogens with two attached hydrogens (primary N) is 1. The van der Waals surface area contributed by atoms with Gasteiger partial charge in [-0.25, -0.2) is 9.07 Å². The second kappa shape index (κ2) is 8.99. The van der Waals surface area contributed by atoms with Crippen LogP contribution in [-0.2, 0) is 11.4 Å². The van der Waals surface area contributed by atoms with Crippen LogP contribution >= 0.6 is 15.9 Å². The summed E-state index contributed by atoms with van der Waals surface area (Å²) in [6.07, 6.45) is 1.40. The van der Waals surface area contributed by atoms with Crippen molar-refractivity contribution in [3.8, 4) is 11.5 Å². The lowest BCUT2D eigenvalue weighted by Crippen LogP contribution is -2.31. The molecule has 2 aromatic carbocycles. The Balaban J connectivity index is 1.76. The Hall–Kier alpha value is -3.40. The SMILES string of the molecule is CCOc1cc(C2C(C(N)=O)=C(C)Nc3ncnn32)cc(Br)c1OCc1ccccc1F. The zero-order valence-electron chi connectivity index (χ0n) is 17.4. The van der Waals surface area contributed by atoms with Crippen LogP contribution in [0.25, 0.3) is 0 Å². The van der Waals surface area contributed by atoms with E-state index in [0.29, 0.717) is 50.9 Å². The number of hydrogen-bond acceptors (Lipinski definition) is 6. The number of allylic oxidation sites excluding steroid dienone is 1. The van der Waals surface area contributed by atoms with E-state index in [1.54, 1.807) is 41.9 Å². The fourth-order valence-corrected chi connectivity index (χ4v) is 4.21. The van der Waals surface area contributed by atoms with Crippen LogP contribution in [0.4, 0.5) is 10.3 Å². The van der Waals surface area contributed by atoms with Crippen molar-refractivity contribution < 1.29 is 18.7 Å². The van der Waals surface area contributed by atoms with Crippen LogP contribution in [0, 0.1) is 5.82 Å². The molecule has 1 unspecified atom stereocenters. The number of halogens is 2. The van der Waals surface area contributed by atoms with Crippen molar-refractivity contribution in [2.75, 3.05) is 11.9 Å². The summed E-state index contributed by atoms with van der Waals surface area (Å²) in [5.74, 6) is 0.433. The number of hydrogen-bond donors (Lipinski definition) is 2. The van der Waals surface area contributed by atoms with Gasteiger partial charge in [-0.15, -0.1) is 0 Å². The summed E-state index contributed by atoms with van der Waals surface area (Å²) in [6, 6.07) is 9.37. The Morgan fingerprint density at radius 2 is 2.09 bits per heavy atom. The number of carbonyl (C=O) groups is 1. The lowest BCUT2D eigenvalue weighted by atomic mass is 9.95. The number of fused-ring (bicyclic) bond motifs is 1. The number of rotatable bonds is 7. The largest absolute Gasteiger partial charge is 0.490 e. The first kappa shape index (κ1) is 21.8. The van der Waals surface area contributed by atoms with Crippen molar-refractivity contribution >= 4 is 27.8 Å². The molecule has 1 aliphatic rings. The Morgan fingerprint density at radius 3 is 2.81 bits per heavy atom. The number of ether oxygens (including phenoxy) is 2. The number of benzene rings is 2. The molecule has 166 valence electrons. The van der Waals surface area contributed by atoms with E-state index in [4.69, 9.17) is 15.2 Å². The normalized spacial score (nSPS) is 15.2. The molecule has 10 heteroatoms. The highest BCUT2D eigenvalue weighted by Gasteiger charge is 2.33. The second-order valence-corrected chi connectivity index (χ2v) is 7.96. The molecule has 1 aliphatic heterocycles. The van der Waals surface area contributed by atoms with E-state index in [9.17, 15) is 9.18 Å². The van der Waals surface area contributed by atoms with E-state index in [0.717, 1.165) is 0 Å². The Bertz CT molecular complexity index is 1210. The first-order valence-corrected chi connectivity index (χ1v) is 10.7. The third-order valence-electron chi connectivity index (χ3n) is 5.04. The molecule has 32 heavy (non-hydrogen) atoms. The number of anilines is 1. The zero-order valence-corrected chi connectivity index (χ0v) is 19.0. The number of amides is 1. The van der Waals surface area contributed by atoms with Gasteiger partial charge in [0.15, 0.2) is 11.5 Å². The van der Waals surface area contributed by atoms with Gasteiger partial charge in [0.25, 0.3) is 0 Å². The quantitative estimate of drug-likeness (QED) is 0.508. The van der Waals surface area contributed by atoms with Crippen LogP contribution in [0.2, 0.25) is 0 Å². The lowest BCUT2D eigenvalue weighted by Gasteiger charge is -2.28. The average Bonchev–Trinajstić information content (AvgIpc) is 3.21. The maximum absolute atomic E-state index is 14.0. The minimum atomic E-state index is -0.609. The minimum absolute atomic E-state index is 0.0246. The van der Waals surface area contributed by atoms with Gasteiger partial charge in [-0.3, -0.25) is 4.79 Å². The van der Waals surface area contributed by atoms with Gasteiger partial charge < -0.3 is 20.5 Å². The molecule has 1 atom stereocenters. The van der Waals surface area contributed by atoms with Crippen molar-refractivity contribution in [2.45, 2.75) is 26.5 Å². The van der Waals surface area contributed by atoms with Crippen LogP contribution in [0.15, 0.2) is 58.5 Å². The van der Waals surface area contributed by atoms with Gasteiger partial charge in [0.05, 0.1) is 16.7 Å². The van der Waals surface area contributed by atoms with Crippen molar-refractivity contribution in [3.05, 3.63) is 75.4 Å². The molecule has 3 aromatic rings. The van der Waals surface area contributed by atoms with Gasteiger partial charge in [0.1, 0.15) is 24.8 Å². The average molecular weight is 502 g/mol. The van der Waals surface area contributed by atoms with Crippen LogP contribution in [-0.4, -0.2) is 27.3 Å². The molecule has 8 nitrogen and oxygen atoms in total. The highest BCUT2D eigenvalue weighted by molar-refractivity contribution is 9.10. The maximum atomic E-state index is 14.0. The van der Waals surface area contributed by atoms with E-state index in [2.05, 4.69) is 31.3 Å². The van der Waals surface area contributed by atoms with Gasteiger partial charge >= 0.3 is 0 Å². The van der Waals surface area contributed by atoms with Gasteiger partial charge in [-0.1, -0.05) is 18.2 Å². The van der Waals surface area contributed by atoms with Crippen LogP contribution in [0.3, 0.4) is 0 Å². The zero-order chi connectivity index (χ0) is 22.8. The molecule has 0 fully saturated rings. The molecule has 0 saturated carbocycles. The van der Waals surface area contributed by atoms with Crippen molar-refractivity contribution in [2.24, 2.45) is 5.73 Å². The Kier molecular flexibility index (Phi) is 6.13. The minimum Gasteiger partial charge on any atom is -0.490 e. The molecular formula is C22H21BrFN5O3. The highest BCUT2D eigenvalue weighted by Crippen LogP contribution is 2.42. The number of nitrogens with zero attached hydrogens (tertiary/aromatic N) is 3. The highest BCUT2D eigenvalue weighted by atomic mass is 79.9. The van der Waals surface area contributed by atoms with Gasteiger partial charge in [0.2, 0.25) is 11.9 Å². The molecule has 0 bridgehead atoms. The van der Waals surface area contributed by atoms with Gasteiger partial charge in [-0.05, 0) is 53.5 Å². The molecule has 3 N–H and O–H groups in total. The van der Waals surface area contributed by atoms with E-state index < -0.39 is 11.9 Å². The third kappa shape index (κ3) is 4.05. The molecule has 4 rings (SSSR count). The fourth-order valence-electron chi connectivity index (χ4n) is 3.63. The van der Waals surface area contributed by atoms with Crippen molar-refractivity contribution in [1.29, 1.82) is 0 Å². The molecule has 1 aromatic heterocycles. The standard InChI is InChI=1S/C22H21BrFN5O3/c1-3-31-17-9-14(8-15(23)20(17)32-10-13-6-4-5-7-16(13)24)19-18(21(25)30)12(2)28-22-26-11-27-29(19)22/h4-9,11,19H,3,10H2,1-2H3,(H2,25,30)(H,26,27,28). The number of nitrogens with one attached hydrogen (secondary N) is 1. The van der Waals surface area contributed by atoms with Crippen LogP contribution < -0.4 is 20.5 Å². The maximum Gasteiger partial charge on any atom is 0.248 e. The predicted octanol–water partition coefficient (Wildman–Crippen LogP) is 3.93. The Labute approximate surface area is 192 Å². The van der Waals surface area contributed by atoms with E-state index in [1.165, 1.54) is 12.4 Å². The number of carbonyl (C=O) groups excluding carboxylic acids is 1. The van der Waals surface area contributed by atoms with Crippen LogP contribution in [0.1, 0.15) is 31.0 Å². The summed E-state index contributed by atoms with van der Waals surface area (Å²) < 4.78 is 27.9. The summed E-state index contributed by atoms with van der Waals surface area (Å²) in [6.45, 7) is 4.01. The molecule has 2 heterocycles. The summed E-state index contributed by atoms with van der Waals surface area (Å²) in [5, 5.41) is 7.31. The second-order valence-electron chi connectivity index (χ2n) is 7.10. The molecule has 0 saturated heterocycles. The molecule has 0 aliphatic carbocycles. The number of primary amides is 1. The molecule has 0 radical (unpaired) electrons. The van der Waals surface area contributed by atoms with E-state index in [-0.39, 0.29) is 12.4 Å². The smallest absolute Gasteiger partial charge is 0.248 e. The molecular weight excluding hydrogens is 481 g/mol. The molecule has 1 amide bonds. The topological polar surface area (TPSA) is 104 Å². The summed E-state index contributed by atoms with van der Waals surface area (Å²) in [4.78, 5) is 16.5. The predicted molar refractivity (Wildman–Crippen MR) is 120 cm³/mol. The summed E-state index contributed by atoms with van der Waals surface area (Å²) in [5.41, 5.74) is 7.77. The first-order chi connectivity index (χ1) is 15.4.